The van der Waals surface area contributed by atoms with E-state index in [-0.39, 0.29) is 6.61 Å². The van der Waals surface area contributed by atoms with Gasteiger partial charge in [-0.25, -0.2) is 4.57 Å². The molecule has 3 nitrogen and oxygen atoms in total. The molecule has 2 aromatic carbocycles. The van der Waals surface area contributed by atoms with Crippen LogP contribution in [0.15, 0.2) is 59.8 Å². The lowest BCUT2D eigenvalue weighted by molar-refractivity contribution is -0.669. The number of aliphatic hydroxyl groups is 1. The van der Waals surface area contributed by atoms with Gasteiger partial charge in [-0.2, -0.15) is 0 Å². The molecule has 124 valence electrons. The highest BCUT2D eigenvalue weighted by atomic mass is 32.2. The average Bonchev–Trinajstić information content (AvgIpc) is 2.61. The second-order valence-electron chi connectivity index (χ2n) is 5.74. The average molecular weight is 340 g/mol. The van der Waals surface area contributed by atoms with Crippen LogP contribution in [0.1, 0.15) is 6.42 Å². The third-order valence-corrected chi connectivity index (χ3v) is 4.70. The molecule has 0 bridgehead atoms. The molecule has 0 radical (unpaired) electrons. The molecule has 0 unspecified atom stereocenters. The van der Waals surface area contributed by atoms with Crippen molar-refractivity contribution < 1.29 is 14.4 Å². The molecule has 1 N–H and O–H groups in total. The monoisotopic (exact) mass is 340 g/mol. The van der Waals surface area contributed by atoms with Crippen molar-refractivity contribution in [2.75, 3.05) is 19.5 Å². The number of fused-ring (bicyclic) bond motifs is 1. The van der Waals surface area contributed by atoms with Crippen molar-refractivity contribution in [3.8, 4) is 16.9 Å². The van der Waals surface area contributed by atoms with Crippen LogP contribution >= 0.6 is 11.8 Å². The molecule has 0 atom stereocenters. The van der Waals surface area contributed by atoms with Gasteiger partial charge < -0.3 is 9.84 Å². The van der Waals surface area contributed by atoms with Gasteiger partial charge in [-0.1, -0.05) is 12.1 Å². The highest BCUT2D eigenvalue weighted by Gasteiger charge is 2.11. The summed E-state index contributed by atoms with van der Waals surface area (Å²) in [5.41, 5.74) is 2.42. The van der Waals surface area contributed by atoms with E-state index < -0.39 is 0 Å². The van der Waals surface area contributed by atoms with Gasteiger partial charge in [0.25, 0.3) is 0 Å². The summed E-state index contributed by atoms with van der Waals surface area (Å²) in [7, 11) is 2.04. The van der Waals surface area contributed by atoms with E-state index in [4.69, 9.17) is 9.84 Å². The van der Waals surface area contributed by atoms with E-state index in [2.05, 4.69) is 59.6 Å². The fourth-order valence-corrected chi connectivity index (χ4v) is 3.18. The Morgan fingerprint density at radius 3 is 2.58 bits per heavy atom. The molecular weight excluding hydrogens is 318 g/mol. The number of pyridine rings is 1. The summed E-state index contributed by atoms with van der Waals surface area (Å²) in [5.74, 6) is 0.839. The molecular formula is C20H22NO2S+. The maximum atomic E-state index is 8.87. The Bertz CT molecular complexity index is 831. The molecule has 0 fully saturated rings. The van der Waals surface area contributed by atoms with Gasteiger partial charge in [0, 0.05) is 28.7 Å². The molecule has 1 aromatic heterocycles. The van der Waals surface area contributed by atoms with Gasteiger partial charge in [0.1, 0.15) is 12.8 Å². The first kappa shape index (κ1) is 16.8. The highest BCUT2D eigenvalue weighted by Crippen LogP contribution is 2.30. The molecule has 0 aliphatic carbocycles. The second-order valence-corrected chi connectivity index (χ2v) is 6.62. The Labute approximate surface area is 146 Å². The molecule has 3 rings (SSSR count). The third-order valence-electron chi connectivity index (χ3n) is 3.96. The van der Waals surface area contributed by atoms with Crippen LogP contribution in [-0.2, 0) is 7.05 Å². The summed E-state index contributed by atoms with van der Waals surface area (Å²) in [4.78, 5) is 1.27. The summed E-state index contributed by atoms with van der Waals surface area (Å²) in [5, 5.41) is 11.2. The minimum atomic E-state index is 0.152. The number of nitrogens with zero attached hydrogens (tertiary/aromatic N) is 1. The number of aromatic nitrogens is 1. The normalized spacial score (nSPS) is 11.0. The van der Waals surface area contributed by atoms with Gasteiger partial charge >= 0.3 is 0 Å². The topological polar surface area (TPSA) is 33.3 Å². The van der Waals surface area contributed by atoms with Gasteiger partial charge in [-0.15, -0.1) is 11.8 Å². The second kappa shape index (κ2) is 7.69. The number of thioether (sulfide) groups is 1. The van der Waals surface area contributed by atoms with E-state index in [0.717, 1.165) is 11.1 Å². The maximum Gasteiger partial charge on any atom is 0.177 e. The molecule has 0 saturated carbocycles. The van der Waals surface area contributed by atoms with Crippen LogP contribution in [0.5, 0.6) is 5.75 Å². The lowest BCUT2D eigenvalue weighted by atomic mass is 10.0. The standard InChI is InChI=1S/C20H22NO2S/c1-21-13-16-12-17(23-11-3-10-22)6-9-19(16)20(14-21)15-4-7-18(24-2)8-5-15/h4-9,12-14,22H,3,10-11H2,1-2H3/q+1. The van der Waals surface area contributed by atoms with Crippen LogP contribution in [0.2, 0.25) is 0 Å². The van der Waals surface area contributed by atoms with E-state index in [0.29, 0.717) is 13.0 Å². The van der Waals surface area contributed by atoms with Crippen LogP contribution in [0.3, 0.4) is 0 Å². The number of ether oxygens (including phenoxy) is 1. The number of rotatable bonds is 6. The van der Waals surface area contributed by atoms with Crippen LogP contribution in [-0.4, -0.2) is 24.6 Å². The number of hydrogen-bond acceptors (Lipinski definition) is 3. The predicted octanol–water partition coefficient (Wildman–Crippen LogP) is 3.81. The Hall–Kier alpha value is -2.04. The van der Waals surface area contributed by atoms with Gasteiger partial charge in [-0.3, -0.25) is 0 Å². The van der Waals surface area contributed by atoms with Crippen molar-refractivity contribution in [2.24, 2.45) is 7.05 Å². The number of aryl methyl sites for hydroxylation is 1. The van der Waals surface area contributed by atoms with Crippen molar-refractivity contribution in [2.45, 2.75) is 11.3 Å². The summed E-state index contributed by atoms with van der Waals surface area (Å²) in [6, 6.07) is 14.8. The molecule has 3 aromatic rings. The number of benzene rings is 2. The SMILES string of the molecule is CSc1ccc(-c2c[n+](C)cc3cc(OCCCO)ccc23)cc1. The van der Waals surface area contributed by atoms with Crippen LogP contribution in [0.4, 0.5) is 0 Å². The molecule has 1 heterocycles. The maximum absolute atomic E-state index is 8.87. The highest BCUT2D eigenvalue weighted by molar-refractivity contribution is 7.98. The number of hydrogen-bond donors (Lipinski definition) is 1. The van der Waals surface area contributed by atoms with Crippen LogP contribution < -0.4 is 9.30 Å². The number of aliphatic hydroxyl groups excluding tert-OH is 1. The minimum absolute atomic E-state index is 0.152. The zero-order valence-corrected chi connectivity index (χ0v) is 14.8. The van der Waals surface area contributed by atoms with E-state index >= 15 is 0 Å². The lowest BCUT2D eigenvalue weighted by Crippen LogP contribution is -2.26. The van der Waals surface area contributed by atoms with E-state index in [1.54, 1.807) is 11.8 Å². The van der Waals surface area contributed by atoms with E-state index in [1.807, 2.05) is 13.1 Å². The molecule has 4 heteroatoms. The summed E-state index contributed by atoms with van der Waals surface area (Å²) in [6.45, 7) is 0.683. The van der Waals surface area contributed by atoms with Crippen LogP contribution in [0.25, 0.3) is 21.9 Å². The summed E-state index contributed by atoms with van der Waals surface area (Å²) < 4.78 is 7.78. The van der Waals surface area contributed by atoms with E-state index in [9.17, 15) is 0 Å². The van der Waals surface area contributed by atoms with Gasteiger partial charge in [0.2, 0.25) is 0 Å². The van der Waals surface area contributed by atoms with Crippen LogP contribution in [0, 0.1) is 0 Å². The minimum Gasteiger partial charge on any atom is -0.493 e. The van der Waals surface area contributed by atoms with Gasteiger partial charge in [0.15, 0.2) is 12.4 Å². The fourth-order valence-electron chi connectivity index (χ4n) is 2.77. The third kappa shape index (κ3) is 3.71. The van der Waals surface area contributed by atoms with Gasteiger partial charge in [-0.05, 0) is 42.2 Å². The van der Waals surface area contributed by atoms with Crippen molar-refractivity contribution in [3.05, 3.63) is 54.9 Å². The zero-order chi connectivity index (χ0) is 16.9. The Kier molecular flexibility index (Phi) is 5.38. The summed E-state index contributed by atoms with van der Waals surface area (Å²) in [6.07, 6.45) is 7.00. The molecule has 0 spiro atoms. The Morgan fingerprint density at radius 1 is 1.08 bits per heavy atom. The molecule has 24 heavy (non-hydrogen) atoms. The molecule has 0 aliphatic rings. The van der Waals surface area contributed by atoms with Crippen molar-refractivity contribution in [1.82, 2.24) is 0 Å². The lowest BCUT2D eigenvalue weighted by Gasteiger charge is -2.09. The van der Waals surface area contributed by atoms with Gasteiger partial charge in [0.05, 0.1) is 12.2 Å². The van der Waals surface area contributed by atoms with Crippen molar-refractivity contribution >= 4 is 22.5 Å². The molecule has 0 saturated heterocycles. The first-order chi connectivity index (χ1) is 11.7. The zero-order valence-electron chi connectivity index (χ0n) is 14.0. The van der Waals surface area contributed by atoms with Crippen molar-refractivity contribution in [3.63, 3.8) is 0 Å². The predicted molar refractivity (Wildman–Crippen MR) is 99.5 cm³/mol. The first-order valence-electron chi connectivity index (χ1n) is 8.02. The smallest absolute Gasteiger partial charge is 0.177 e. The van der Waals surface area contributed by atoms with Crippen molar-refractivity contribution in [1.29, 1.82) is 0 Å². The largest absolute Gasteiger partial charge is 0.493 e. The Balaban J connectivity index is 2.01. The molecule has 0 amide bonds. The summed E-state index contributed by atoms with van der Waals surface area (Å²) >= 11 is 1.75. The first-order valence-corrected chi connectivity index (χ1v) is 9.25. The molecule has 0 aliphatic heterocycles. The Morgan fingerprint density at radius 2 is 1.88 bits per heavy atom. The van der Waals surface area contributed by atoms with E-state index in [1.165, 1.54) is 21.4 Å². The quantitative estimate of drug-likeness (QED) is 0.421. The fraction of sp³-hybridized carbons (Fsp3) is 0.250.